The number of fused-ring (bicyclic) bond motifs is 1. The summed E-state index contributed by atoms with van der Waals surface area (Å²) in [4.78, 5) is 9.19. The number of nitrogens with zero attached hydrogens (tertiary/aromatic N) is 5. The molecule has 3 aromatic heterocycles. The lowest BCUT2D eigenvalue weighted by molar-refractivity contribution is 0.717. The molecule has 0 aliphatic heterocycles. The summed E-state index contributed by atoms with van der Waals surface area (Å²) >= 11 is 5.87. The summed E-state index contributed by atoms with van der Waals surface area (Å²) in [5.41, 5.74) is 3.61. The first-order chi connectivity index (χ1) is 9.78. The van der Waals surface area contributed by atoms with Gasteiger partial charge in [-0.3, -0.25) is 0 Å². The molecule has 0 fully saturated rings. The van der Waals surface area contributed by atoms with Gasteiger partial charge in [-0.1, -0.05) is 0 Å². The van der Waals surface area contributed by atoms with Crippen molar-refractivity contribution in [2.75, 3.05) is 5.88 Å². The van der Waals surface area contributed by atoms with Crippen LogP contribution in [0.4, 0.5) is 0 Å². The standard InChI is InChI=1S/C14H14ClN5/c1-10-4-5-12-14(17-10)20(13(18-12)6-7-15)9-11-3-2-8-16-19-11/h2-5,8H,6-7,9H2,1H3. The number of rotatable bonds is 4. The average molecular weight is 288 g/mol. The summed E-state index contributed by atoms with van der Waals surface area (Å²) in [6, 6.07) is 7.77. The van der Waals surface area contributed by atoms with Crippen LogP contribution in [-0.4, -0.2) is 30.6 Å². The van der Waals surface area contributed by atoms with Crippen LogP contribution in [0.5, 0.6) is 0 Å². The number of hydrogen-bond donors (Lipinski definition) is 0. The third-order valence-electron chi connectivity index (χ3n) is 3.08. The summed E-state index contributed by atoms with van der Waals surface area (Å²) < 4.78 is 2.06. The van der Waals surface area contributed by atoms with Crippen LogP contribution in [0, 0.1) is 6.92 Å². The van der Waals surface area contributed by atoms with Gasteiger partial charge in [0.05, 0.1) is 12.2 Å². The van der Waals surface area contributed by atoms with Gasteiger partial charge in [0.2, 0.25) is 0 Å². The fourth-order valence-electron chi connectivity index (χ4n) is 2.16. The van der Waals surface area contributed by atoms with Crippen molar-refractivity contribution in [3.8, 4) is 0 Å². The molecular formula is C14H14ClN5. The van der Waals surface area contributed by atoms with E-state index in [4.69, 9.17) is 11.6 Å². The highest BCUT2D eigenvalue weighted by Crippen LogP contribution is 2.17. The number of hydrogen-bond acceptors (Lipinski definition) is 4. The van der Waals surface area contributed by atoms with E-state index >= 15 is 0 Å². The topological polar surface area (TPSA) is 56.5 Å². The van der Waals surface area contributed by atoms with Crippen LogP contribution in [-0.2, 0) is 13.0 Å². The third kappa shape index (κ3) is 2.49. The normalized spacial score (nSPS) is 11.1. The summed E-state index contributed by atoms with van der Waals surface area (Å²) in [5, 5.41) is 8.03. The molecule has 0 N–H and O–H groups in total. The third-order valence-corrected chi connectivity index (χ3v) is 3.27. The molecule has 0 radical (unpaired) electrons. The Labute approximate surface area is 121 Å². The van der Waals surface area contributed by atoms with Crippen molar-refractivity contribution in [1.29, 1.82) is 0 Å². The fourth-order valence-corrected chi connectivity index (χ4v) is 2.33. The van der Waals surface area contributed by atoms with E-state index in [2.05, 4.69) is 24.7 Å². The van der Waals surface area contributed by atoms with Gasteiger partial charge in [-0.25, -0.2) is 9.97 Å². The second kappa shape index (κ2) is 5.54. The highest BCUT2D eigenvalue weighted by atomic mass is 35.5. The van der Waals surface area contributed by atoms with E-state index in [9.17, 15) is 0 Å². The monoisotopic (exact) mass is 287 g/mol. The lowest BCUT2D eigenvalue weighted by atomic mass is 10.3. The van der Waals surface area contributed by atoms with Gasteiger partial charge in [-0.2, -0.15) is 10.2 Å². The minimum Gasteiger partial charge on any atom is -0.307 e. The molecule has 0 spiro atoms. The molecule has 3 aromatic rings. The molecule has 0 aliphatic carbocycles. The molecule has 0 atom stereocenters. The molecule has 3 heterocycles. The van der Waals surface area contributed by atoms with Gasteiger partial charge in [0, 0.05) is 24.2 Å². The first kappa shape index (κ1) is 13.0. The Bertz CT molecular complexity index is 723. The van der Waals surface area contributed by atoms with E-state index in [1.165, 1.54) is 0 Å². The van der Waals surface area contributed by atoms with E-state index in [-0.39, 0.29) is 0 Å². The largest absolute Gasteiger partial charge is 0.307 e. The SMILES string of the molecule is Cc1ccc2nc(CCCl)n(Cc3cccnn3)c2n1. The molecular weight excluding hydrogens is 274 g/mol. The smallest absolute Gasteiger partial charge is 0.160 e. The van der Waals surface area contributed by atoms with Gasteiger partial charge >= 0.3 is 0 Å². The van der Waals surface area contributed by atoms with Crippen LogP contribution >= 0.6 is 11.6 Å². The Morgan fingerprint density at radius 3 is 2.85 bits per heavy atom. The second-order valence-corrected chi connectivity index (χ2v) is 4.94. The molecule has 0 aliphatic rings. The van der Waals surface area contributed by atoms with Crippen molar-refractivity contribution in [3.63, 3.8) is 0 Å². The van der Waals surface area contributed by atoms with Crippen molar-refractivity contribution >= 4 is 22.8 Å². The number of imidazole rings is 1. The highest BCUT2D eigenvalue weighted by Gasteiger charge is 2.12. The molecule has 0 amide bonds. The number of alkyl halides is 1. The lowest BCUT2D eigenvalue weighted by Gasteiger charge is -2.07. The summed E-state index contributed by atoms with van der Waals surface area (Å²) in [6.45, 7) is 2.58. The van der Waals surface area contributed by atoms with Crippen molar-refractivity contribution in [2.24, 2.45) is 0 Å². The molecule has 6 heteroatoms. The van der Waals surface area contributed by atoms with E-state index in [1.54, 1.807) is 6.20 Å². The molecule has 0 saturated heterocycles. The maximum Gasteiger partial charge on any atom is 0.160 e. The Kier molecular flexibility index (Phi) is 3.60. The predicted octanol–water partition coefficient (Wildman–Crippen LogP) is 2.36. The van der Waals surface area contributed by atoms with E-state index in [0.29, 0.717) is 18.8 Å². The van der Waals surface area contributed by atoms with Crippen LogP contribution in [0.15, 0.2) is 30.5 Å². The van der Waals surface area contributed by atoms with E-state index < -0.39 is 0 Å². The minimum atomic E-state index is 0.531. The maximum absolute atomic E-state index is 5.87. The first-order valence-electron chi connectivity index (χ1n) is 6.43. The Hall–Kier alpha value is -2.01. The molecule has 5 nitrogen and oxygen atoms in total. The second-order valence-electron chi connectivity index (χ2n) is 4.56. The summed E-state index contributed by atoms with van der Waals surface area (Å²) in [6.07, 6.45) is 2.37. The zero-order valence-electron chi connectivity index (χ0n) is 11.1. The van der Waals surface area contributed by atoms with Crippen LogP contribution in [0.1, 0.15) is 17.2 Å². The van der Waals surface area contributed by atoms with Gasteiger partial charge in [0.1, 0.15) is 11.3 Å². The molecule has 102 valence electrons. The predicted molar refractivity (Wildman–Crippen MR) is 77.8 cm³/mol. The summed E-state index contributed by atoms with van der Waals surface area (Å²) in [7, 11) is 0. The van der Waals surface area contributed by atoms with E-state index in [1.807, 2.05) is 31.2 Å². The Morgan fingerprint density at radius 1 is 1.20 bits per heavy atom. The van der Waals surface area contributed by atoms with Gasteiger partial charge < -0.3 is 4.57 Å². The highest BCUT2D eigenvalue weighted by molar-refractivity contribution is 6.17. The van der Waals surface area contributed by atoms with Crippen molar-refractivity contribution in [3.05, 3.63) is 47.7 Å². The van der Waals surface area contributed by atoms with Crippen LogP contribution in [0.2, 0.25) is 0 Å². The fraction of sp³-hybridized carbons (Fsp3) is 0.286. The zero-order valence-corrected chi connectivity index (χ0v) is 11.9. The maximum atomic E-state index is 5.87. The lowest BCUT2D eigenvalue weighted by Crippen LogP contribution is -2.08. The van der Waals surface area contributed by atoms with Crippen molar-refractivity contribution in [2.45, 2.75) is 19.9 Å². The molecule has 0 saturated carbocycles. The number of aromatic nitrogens is 5. The summed E-state index contributed by atoms with van der Waals surface area (Å²) in [5.74, 6) is 1.46. The first-order valence-corrected chi connectivity index (χ1v) is 6.96. The Balaban J connectivity index is 2.10. The zero-order chi connectivity index (χ0) is 13.9. The molecule has 0 bridgehead atoms. The average Bonchev–Trinajstić information content (AvgIpc) is 2.78. The quantitative estimate of drug-likeness (QED) is 0.691. The van der Waals surface area contributed by atoms with Gasteiger partial charge in [0.15, 0.2) is 5.65 Å². The van der Waals surface area contributed by atoms with Crippen molar-refractivity contribution in [1.82, 2.24) is 24.7 Å². The Morgan fingerprint density at radius 2 is 2.10 bits per heavy atom. The van der Waals surface area contributed by atoms with Gasteiger partial charge in [-0.15, -0.1) is 11.6 Å². The number of pyridine rings is 1. The molecule has 0 aromatic carbocycles. The minimum absolute atomic E-state index is 0.531. The van der Waals surface area contributed by atoms with E-state index in [0.717, 1.165) is 28.4 Å². The number of halogens is 1. The van der Waals surface area contributed by atoms with Crippen LogP contribution in [0.3, 0.4) is 0 Å². The van der Waals surface area contributed by atoms with Crippen molar-refractivity contribution < 1.29 is 0 Å². The van der Waals surface area contributed by atoms with Crippen LogP contribution < -0.4 is 0 Å². The van der Waals surface area contributed by atoms with Gasteiger partial charge in [0.25, 0.3) is 0 Å². The molecule has 0 unspecified atom stereocenters. The molecule has 20 heavy (non-hydrogen) atoms. The number of aryl methyl sites for hydroxylation is 2. The van der Waals surface area contributed by atoms with Gasteiger partial charge in [-0.05, 0) is 31.2 Å². The van der Waals surface area contributed by atoms with Crippen LogP contribution in [0.25, 0.3) is 11.2 Å². The molecule has 3 rings (SSSR count).